The highest BCUT2D eigenvalue weighted by Crippen LogP contribution is 1.54. The normalized spacial score (nSPS) is 18.4. The van der Waals surface area contributed by atoms with Crippen LogP contribution >= 0.6 is 0 Å². The molecule has 0 aliphatic carbocycles. The van der Waals surface area contributed by atoms with Gasteiger partial charge in [-0.1, -0.05) is 0 Å². The first kappa shape index (κ1) is 3.02. The van der Waals surface area contributed by atoms with E-state index in [0.717, 1.165) is 0 Å². The van der Waals surface area contributed by atoms with Gasteiger partial charge in [0.1, 0.15) is 1.41 Å². The molecule has 0 saturated carbocycles. The summed E-state index contributed by atoms with van der Waals surface area (Å²) in [6, 6.07) is 0. The molecule has 0 atom stereocenters. The van der Waals surface area contributed by atoms with Gasteiger partial charge < -0.3 is 15.5 Å². The average Bonchev–Trinajstić information content (AvgIpc) is 1.89. The highest BCUT2D eigenvalue weighted by Gasteiger charge is 1.78. The van der Waals surface area contributed by atoms with Gasteiger partial charge in [0.2, 0.25) is 0 Å². The van der Waals surface area contributed by atoms with Gasteiger partial charge in [-0.3, -0.25) is 0 Å². The quantitative estimate of drug-likeness (QED) is 0.413. The largest absolute Gasteiger partial charge is 0.395 e. The van der Waals surface area contributed by atoms with E-state index in [4.69, 9.17) is 14.4 Å². The summed E-state index contributed by atoms with van der Waals surface area (Å²) >= 11 is 0. The fourth-order valence-corrected chi connectivity index (χ4v) is 0.179. The van der Waals surface area contributed by atoms with Gasteiger partial charge in [0.25, 0.3) is 0 Å². The Morgan fingerprint density at radius 2 is 2.29 bits per heavy atom. The Bertz CT molecular complexity index is 101. The number of hydrogen-bond acceptors (Lipinski definition) is 3. The Morgan fingerprint density at radius 1 is 1.57 bits per heavy atom. The lowest BCUT2D eigenvalue weighted by Gasteiger charge is -1.94. The number of nitrogens with one attached hydrogen (secondary N) is 1. The van der Waals surface area contributed by atoms with E-state index in [1.54, 1.807) is 0 Å². The van der Waals surface area contributed by atoms with Crippen LogP contribution in [-0.2, 0) is 0 Å². The van der Waals surface area contributed by atoms with Crippen LogP contribution in [0.2, 0.25) is 1.41 Å². The van der Waals surface area contributed by atoms with Crippen LogP contribution in [0, 0.1) is 0 Å². The summed E-state index contributed by atoms with van der Waals surface area (Å²) in [5, 5.41) is 17.2. The molecule has 3 heteroatoms. The van der Waals surface area contributed by atoms with Crippen molar-refractivity contribution in [3.63, 3.8) is 0 Å². The van der Waals surface area contributed by atoms with Crippen LogP contribution in [0.3, 0.4) is 0 Å². The Labute approximate surface area is 47.2 Å². The maximum absolute atomic E-state index is 8.37. The fraction of sp³-hybridized carbons (Fsp3) is 1.00. The summed E-state index contributed by atoms with van der Waals surface area (Å²) in [5.74, 6) is 0. The van der Waals surface area contributed by atoms with Crippen LogP contribution in [0.25, 0.3) is 0 Å². The smallest absolute Gasteiger partial charge is 0.122 e. The average molecular weight is 108 g/mol. The van der Waals surface area contributed by atoms with Crippen LogP contribution in [0.15, 0.2) is 0 Å². The number of hydrogen-bond donors (Lipinski definition) is 3. The highest BCUT2D eigenvalue weighted by atomic mass is 16.3. The number of rotatable bonds is 4. The molecule has 0 unspecified atom stereocenters. The topological polar surface area (TPSA) is 52.5 Å². The van der Waals surface area contributed by atoms with Gasteiger partial charge in [-0.2, -0.15) is 0 Å². The van der Waals surface area contributed by atoms with Gasteiger partial charge in [0.05, 0.1) is 13.2 Å². The van der Waals surface area contributed by atoms with Crippen molar-refractivity contribution in [3.8, 4) is 0 Å². The molecular formula is C4H11NO2. The third-order valence-corrected chi connectivity index (χ3v) is 0.394. The first-order valence-electron chi connectivity index (χ1n) is 3.47. The Morgan fingerprint density at radius 3 is 2.71 bits per heavy atom. The molecule has 0 aromatic heterocycles. The molecule has 0 heterocycles. The van der Waals surface area contributed by atoms with Crippen molar-refractivity contribution in [1.29, 1.82) is 0 Å². The molecule has 3 N–H and O–H groups in total. The summed E-state index contributed by atoms with van der Waals surface area (Å²) in [5.41, 5.74) is 0. The van der Waals surface area contributed by atoms with Gasteiger partial charge in [-0.25, -0.2) is 0 Å². The van der Waals surface area contributed by atoms with E-state index in [-0.39, 0.29) is 13.2 Å². The molecule has 0 bridgehead atoms. The van der Waals surface area contributed by atoms with E-state index in [1.807, 2.05) is 0 Å². The van der Waals surface area contributed by atoms with Crippen molar-refractivity contribution in [2.75, 3.05) is 26.3 Å². The Balaban J connectivity index is 3.78. The van der Waals surface area contributed by atoms with E-state index in [0.29, 0.717) is 5.31 Å². The molecule has 0 amide bonds. The molecule has 0 aromatic carbocycles. The molecule has 0 spiro atoms. The van der Waals surface area contributed by atoms with Crippen molar-refractivity contribution < 1.29 is 14.4 Å². The van der Waals surface area contributed by atoms with Crippen molar-refractivity contribution in [2.24, 2.45) is 0 Å². The maximum Gasteiger partial charge on any atom is 0.122 e. The lowest BCUT2D eigenvalue weighted by atomic mass is 10.6. The lowest BCUT2D eigenvalue weighted by Crippen LogP contribution is -2.21. The van der Waals surface area contributed by atoms with Crippen LogP contribution in [0.1, 0.15) is 2.74 Å². The summed E-state index contributed by atoms with van der Waals surface area (Å²) < 4.78 is 20.8. The molecule has 0 aliphatic rings. The molecule has 0 radical (unpaired) electrons. The summed E-state index contributed by atoms with van der Waals surface area (Å²) in [4.78, 5) is 0. The molecule has 0 rings (SSSR count). The standard InChI is InChI=1S/C4H11NO2/c6-3-1-5-2-4-7/h5-7H,1-4H2/i1D2/hD. The van der Waals surface area contributed by atoms with Crippen molar-refractivity contribution >= 4 is 0 Å². The zero-order chi connectivity index (χ0) is 8.20. The minimum Gasteiger partial charge on any atom is -0.395 e. The highest BCUT2D eigenvalue weighted by molar-refractivity contribution is 4.39. The third-order valence-electron chi connectivity index (χ3n) is 0.394. The van der Waals surface area contributed by atoms with Gasteiger partial charge in [-0.05, 0) is 0 Å². The summed E-state index contributed by atoms with van der Waals surface area (Å²) in [7, 11) is 0. The second kappa shape index (κ2) is 5.88. The van der Waals surface area contributed by atoms with E-state index in [2.05, 4.69) is 0 Å². The first-order valence-corrected chi connectivity index (χ1v) is 2.03. The van der Waals surface area contributed by atoms with E-state index in [1.165, 1.54) is 0 Å². The molecule has 7 heavy (non-hydrogen) atoms. The van der Waals surface area contributed by atoms with Crippen LogP contribution in [0.5, 0.6) is 0 Å². The predicted molar refractivity (Wildman–Crippen MR) is 27.0 cm³/mol. The van der Waals surface area contributed by atoms with Crippen molar-refractivity contribution in [3.05, 3.63) is 0 Å². The Hall–Kier alpha value is -0.120. The minimum atomic E-state index is -2.05. The van der Waals surface area contributed by atoms with E-state index in [9.17, 15) is 0 Å². The zero-order valence-electron chi connectivity index (χ0n) is 6.96. The van der Waals surface area contributed by atoms with Gasteiger partial charge >= 0.3 is 0 Å². The van der Waals surface area contributed by atoms with Crippen LogP contribution < -0.4 is 5.31 Å². The monoisotopic (exact) mass is 108 g/mol. The lowest BCUT2D eigenvalue weighted by molar-refractivity contribution is 0.267. The predicted octanol–water partition coefficient (Wildman–Crippen LogP) is -1.44. The number of aliphatic hydroxyl groups is 2. The van der Waals surface area contributed by atoms with E-state index >= 15 is 0 Å². The minimum absolute atomic E-state index is 0.104. The van der Waals surface area contributed by atoms with Crippen molar-refractivity contribution in [1.82, 2.24) is 5.31 Å². The summed E-state index contributed by atoms with van der Waals surface area (Å²) in [6.07, 6.45) is 0. The zero-order valence-corrected chi connectivity index (χ0v) is 3.96. The fourth-order valence-electron chi connectivity index (χ4n) is 0.179. The third kappa shape index (κ3) is 5.88. The molecule has 0 aliphatic heterocycles. The molecule has 0 fully saturated rings. The van der Waals surface area contributed by atoms with Crippen LogP contribution in [-0.4, -0.2) is 36.5 Å². The molecule has 44 valence electrons. The van der Waals surface area contributed by atoms with Crippen LogP contribution in [0.4, 0.5) is 0 Å². The summed E-state index contributed by atoms with van der Waals surface area (Å²) in [6.45, 7) is -3.18. The Kier molecular flexibility index (Phi) is 2.53. The first-order chi connectivity index (χ1) is 4.54. The van der Waals surface area contributed by atoms with Gasteiger partial charge in [0, 0.05) is 15.8 Å². The number of aliphatic hydroxyl groups excluding tert-OH is 2. The SMILES string of the molecule is [2H]N(CCO)C([2H])([2H])CO. The molecular weight excluding hydrogens is 94.0 g/mol. The second-order valence-corrected chi connectivity index (χ2v) is 0.922. The maximum atomic E-state index is 8.37. The molecule has 3 nitrogen and oxygen atoms in total. The molecule has 0 aromatic rings. The van der Waals surface area contributed by atoms with Crippen molar-refractivity contribution in [2.45, 2.75) is 0 Å². The van der Waals surface area contributed by atoms with Gasteiger partial charge in [0.15, 0.2) is 0 Å². The second-order valence-electron chi connectivity index (χ2n) is 0.922. The van der Waals surface area contributed by atoms with E-state index < -0.39 is 13.1 Å². The molecule has 0 saturated heterocycles. The van der Waals surface area contributed by atoms with Gasteiger partial charge in [-0.15, -0.1) is 0 Å².